The lowest BCUT2D eigenvalue weighted by Gasteiger charge is -2.15. The van der Waals surface area contributed by atoms with Gasteiger partial charge in [0.2, 0.25) is 0 Å². The molecule has 2 N–H and O–H groups in total. The van der Waals surface area contributed by atoms with E-state index in [0.717, 1.165) is 6.42 Å². The van der Waals surface area contributed by atoms with Crippen LogP contribution in [0.3, 0.4) is 0 Å². The molecule has 0 aromatic carbocycles. The number of hydrogen-bond donors (Lipinski definition) is 1. The smallest absolute Gasteiger partial charge is 0.200 e. The number of nitriles is 1. The molecule has 2 unspecified atom stereocenters. The van der Waals surface area contributed by atoms with Gasteiger partial charge in [-0.2, -0.15) is 5.26 Å². The van der Waals surface area contributed by atoms with Gasteiger partial charge in [-0.1, -0.05) is 13.8 Å². The Morgan fingerprint density at radius 2 is 2.07 bits per heavy atom. The highest BCUT2D eigenvalue weighted by atomic mass is 31.2. The van der Waals surface area contributed by atoms with E-state index in [9.17, 15) is 4.57 Å². The van der Waals surface area contributed by atoms with Crippen LogP contribution in [0.15, 0.2) is 0 Å². The van der Waals surface area contributed by atoms with Gasteiger partial charge in [0, 0.05) is 12.8 Å². The van der Waals surface area contributed by atoms with Crippen molar-refractivity contribution in [2.45, 2.75) is 32.7 Å². The van der Waals surface area contributed by atoms with Crippen LogP contribution < -0.4 is 5.73 Å². The molecule has 0 fully saturated rings. The Labute approximate surface area is 92.2 Å². The molecule has 0 saturated heterocycles. The summed E-state index contributed by atoms with van der Waals surface area (Å²) in [7, 11) is -2.55. The maximum atomic E-state index is 11.8. The molecule has 0 aliphatic carbocycles. The number of nitrogens with zero attached hydrogens (tertiary/aromatic N) is 1. The zero-order valence-corrected chi connectivity index (χ0v) is 10.7. The minimum Gasteiger partial charge on any atom is -0.329 e. The van der Waals surface area contributed by atoms with Crippen LogP contribution in [0.25, 0.3) is 0 Å². The highest BCUT2D eigenvalue weighted by Gasteiger charge is 2.17. The molecule has 0 aliphatic rings. The maximum Gasteiger partial charge on any atom is 0.200 e. The summed E-state index contributed by atoms with van der Waals surface area (Å²) < 4.78 is 17.2. The molecular formula is C10H21N2O2P. The zero-order chi connectivity index (χ0) is 11.9. The standard InChI is InChI=1S/C10H21N2O2P/c1-9(2)4-6-14-15(3,13)7-5-10(12)8-11/h9-10H,4-7,12H2,1-3H3. The van der Waals surface area contributed by atoms with E-state index in [1.807, 2.05) is 6.07 Å². The molecule has 0 amide bonds. The molecule has 4 nitrogen and oxygen atoms in total. The summed E-state index contributed by atoms with van der Waals surface area (Å²) in [6.45, 7) is 6.32. The Kier molecular flexibility index (Phi) is 6.84. The number of hydrogen-bond acceptors (Lipinski definition) is 4. The second-order valence-electron chi connectivity index (χ2n) is 4.28. The van der Waals surface area contributed by atoms with Crippen LogP contribution in [-0.2, 0) is 9.09 Å². The van der Waals surface area contributed by atoms with Crippen LogP contribution in [0.2, 0.25) is 0 Å². The van der Waals surface area contributed by atoms with E-state index in [1.54, 1.807) is 6.66 Å². The zero-order valence-electron chi connectivity index (χ0n) is 9.77. The molecule has 0 aromatic heterocycles. The van der Waals surface area contributed by atoms with E-state index in [0.29, 0.717) is 25.1 Å². The second-order valence-corrected chi connectivity index (χ2v) is 7.01. The molecule has 0 spiro atoms. The van der Waals surface area contributed by atoms with Crippen molar-refractivity contribution in [3.05, 3.63) is 0 Å². The first kappa shape index (κ1) is 14.6. The molecule has 15 heavy (non-hydrogen) atoms. The lowest BCUT2D eigenvalue weighted by atomic mass is 10.2. The molecule has 0 radical (unpaired) electrons. The SMILES string of the molecule is CC(C)CCOP(C)(=O)CCC(N)C#N. The van der Waals surface area contributed by atoms with E-state index < -0.39 is 13.4 Å². The Morgan fingerprint density at radius 3 is 2.53 bits per heavy atom. The molecule has 88 valence electrons. The van der Waals surface area contributed by atoms with Gasteiger partial charge >= 0.3 is 0 Å². The van der Waals surface area contributed by atoms with E-state index in [1.165, 1.54) is 0 Å². The van der Waals surface area contributed by atoms with E-state index in [4.69, 9.17) is 15.5 Å². The first-order valence-electron chi connectivity index (χ1n) is 5.23. The molecule has 0 aromatic rings. The monoisotopic (exact) mass is 232 g/mol. The van der Waals surface area contributed by atoms with Crippen LogP contribution in [0.1, 0.15) is 26.7 Å². The summed E-state index contributed by atoms with van der Waals surface area (Å²) in [5.74, 6) is 0.548. The fourth-order valence-electron chi connectivity index (χ4n) is 0.984. The van der Waals surface area contributed by atoms with Crippen molar-refractivity contribution in [3.8, 4) is 6.07 Å². The van der Waals surface area contributed by atoms with Gasteiger partial charge in [-0.15, -0.1) is 0 Å². The fraction of sp³-hybridized carbons (Fsp3) is 0.900. The van der Waals surface area contributed by atoms with Crippen molar-refractivity contribution >= 4 is 7.37 Å². The summed E-state index contributed by atoms with van der Waals surface area (Å²) in [6.07, 6.45) is 1.73. The normalized spacial score (nSPS) is 17.1. The van der Waals surface area contributed by atoms with Crippen LogP contribution in [0.4, 0.5) is 0 Å². The summed E-state index contributed by atoms with van der Waals surface area (Å²) >= 11 is 0. The third-order valence-corrected chi connectivity index (χ3v) is 3.87. The van der Waals surface area contributed by atoms with E-state index in [-0.39, 0.29) is 0 Å². The molecule has 0 saturated carbocycles. The fourth-order valence-corrected chi connectivity index (χ4v) is 2.35. The van der Waals surface area contributed by atoms with Crippen molar-refractivity contribution in [2.75, 3.05) is 19.4 Å². The lowest BCUT2D eigenvalue weighted by Crippen LogP contribution is -2.18. The van der Waals surface area contributed by atoms with Crippen LogP contribution in [0, 0.1) is 17.2 Å². The van der Waals surface area contributed by atoms with Gasteiger partial charge in [0.1, 0.15) is 0 Å². The molecule has 0 heterocycles. The van der Waals surface area contributed by atoms with Crippen LogP contribution >= 0.6 is 7.37 Å². The predicted octanol–water partition coefficient (Wildman–Crippen LogP) is 2.20. The van der Waals surface area contributed by atoms with Gasteiger partial charge in [-0.3, -0.25) is 4.57 Å². The Bertz CT molecular complexity index is 261. The van der Waals surface area contributed by atoms with Crippen molar-refractivity contribution in [3.63, 3.8) is 0 Å². The topological polar surface area (TPSA) is 76.1 Å². The predicted molar refractivity (Wildman–Crippen MR) is 62.0 cm³/mol. The highest BCUT2D eigenvalue weighted by Crippen LogP contribution is 2.43. The van der Waals surface area contributed by atoms with Crippen molar-refractivity contribution < 1.29 is 9.09 Å². The second kappa shape index (κ2) is 7.00. The Morgan fingerprint density at radius 1 is 1.47 bits per heavy atom. The van der Waals surface area contributed by atoms with Crippen LogP contribution in [0.5, 0.6) is 0 Å². The molecule has 0 bridgehead atoms. The van der Waals surface area contributed by atoms with Gasteiger partial charge in [-0.25, -0.2) is 0 Å². The van der Waals surface area contributed by atoms with Crippen molar-refractivity contribution in [1.82, 2.24) is 0 Å². The van der Waals surface area contributed by atoms with Crippen molar-refractivity contribution in [2.24, 2.45) is 11.7 Å². The maximum absolute atomic E-state index is 11.8. The van der Waals surface area contributed by atoms with Gasteiger partial charge in [-0.05, 0) is 18.8 Å². The molecule has 2 atom stereocenters. The van der Waals surface area contributed by atoms with E-state index in [2.05, 4.69) is 13.8 Å². The third kappa shape index (κ3) is 8.62. The molecule has 0 aliphatic heterocycles. The molecule has 5 heteroatoms. The first-order chi connectivity index (χ1) is 6.87. The van der Waals surface area contributed by atoms with Gasteiger partial charge < -0.3 is 10.3 Å². The lowest BCUT2D eigenvalue weighted by molar-refractivity contribution is 0.290. The minimum absolute atomic E-state index is 0.389. The Balaban J connectivity index is 3.78. The average Bonchev–Trinajstić information content (AvgIpc) is 2.13. The quantitative estimate of drug-likeness (QED) is 0.682. The Hall–Kier alpha value is -0.360. The third-order valence-electron chi connectivity index (χ3n) is 2.07. The van der Waals surface area contributed by atoms with Gasteiger partial charge in [0.25, 0.3) is 0 Å². The molecule has 0 rings (SSSR count). The summed E-state index contributed by atoms with van der Waals surface area (Å²) in [6, 6.07) is 1.38. The summed E-state index contributed by atoms with van der Waals surface area (Å²) in [4.78, 5) is 0. The molecular weight excluding hydrogens is 211 g/mol. The van der Waals surface area contributed by atoms with Gasteiger partial charge in [0.15, 0.2) is 7.37 Å². The van der Waals surface area contributed by atoms with Gasteiger partial charge in [0.05, 0.1) is 18.7 Å². The van der Waals surface area contributed by atoms with E-state index >= 15 is 0 Å². The first-order valence-corrected chi connectivity index (χ1v) is 7.49. The number of nitrogens with two attached hydrogens (primary N) is 1. The largest absolute Gasteiger partial charge is 0.329 e. The summed E-state index contributed by atoms with van der Waals surface area (Å²) in [5, 5.41) is 8.47. The highest BCUT2D eigenvalue weighted by molar-refractivity contribution is 7.58. The minimum atomic E-state index is -2.55. The summed E-state index contributed by atoms with van der Waals surface area (Å²) in [5.41, 5.74) is 5.42. The number of rotatable bonds is 7. The van der Waals surface area contributed by atoms with Crippen LogP contribution in [-0.4, -0.2) is 25.5 Å². The van der Waals surface area contributed by atoms with Crippen molar-refractivity contribution in [1.29, 1.82) is 5.26 Å². The average molecular weight is 232 g/mol.